The molecule has 0 heterocycles. The molecule has 0 radical (unpaired) electrons. The molecule has 18 heavy (non-hydrogen) atoms. The number of benzene rings is 1. The van der Waals surface area contributed by atoms with E-state index in [0.717, 1.165) is 4.90 Å². The van der Waals surface area contributed by atoms with E-state index in [2.05, 4.69) is 0 Å². The monoisotopic (exact) mass is 265 g/mol. The zero-order valence-electron chi connectivity index (χ0n) is 10.3. The zero-order valence-corrected chi connectivity index (χ0v) is 11.2. The van der Waals surface area contributed by atoms with Crippen LogP contribution < -0.4 is 0 Å². The highest BCUT2D eigenvalue weighted by Gasteiger charge is 2.11. The largest absolute Gasteiger partial charge is 0.465 e. The number of carbonyl (C=O) groups excluding carboxylic acids is 1. The van der Waals surface area contributed by atoms with Gasteiger partial charge in [0.25, 0.3) is 0 Å². The average Bonchev–Trinajstić information content (AvgIpc) is 2.36. The second kappa shape index (κ2) is 7.04. The lowest BCUT2D eigenvalue weighted by Crippen LogP contribution is -2.07. The summed E-state index contributed by atoms with van der Waals surface area (Å²) in [5.74, 6) is -0.135. The summed E-state index contributed by atoms with van der Waals surface area (Å²) in [6.07, 6.45) is -0.637. The Hall–Kier alpha value is -1.51. The molecule has 0 aliphatic rings. The lowest BCUT2D eigenvalue weighted by Gasteiger charge is -2.11. The van der Waals surface area contributed by atoms with Gasteiger partial charge in [-0.3, -0.25) is 4.79 Å². The van der Waals surface area contributed by atoms with Crippen LogP contribution in [0, 0.1) is 11.3 Å². The van der Waals surface area contributed by atoms with E-state index in [9.17, 15) is 9.90 Å². The molecule has 0 bridgehead atoms. The van der Waals surface area contributed by atoms with Crippen molar-refractivity contribution in [2.75, 3.05) is 12.4 Å². The van der Waals surface area contributed by atoms with E-state index in [1.807, 2.05) is 6.07 Å². The maximum Gasteiger partial charge on any atom is 0.316 e. The molecule has 1 N–H and O–H groups in total. The van der Waals surface area contributed by atoms with Crippen LogP contribution in [0.3, 0.4) is 0 Å². The van der Waals surface area contributed by atoms with E-state index in [-0.39, 0.29) is 11.7 Å². The van der Waals surface area contributed by atoms with Gasteiger partial charge in [-0.15, -0.1) is 11.8 Å². The molecule has 0 aliphatic heterocycles. The molecule has 5 heteroatoms. The molecule has 1 atom stereocenters. The van der Waals surface area contributed by atoms with Gasteiger partial charge in [0.2, 0.25) is 0 Å². The number of esters is 1. The van der Waals surface area contributed by atoms with Gasteiger partial charge in [0, 0.05) is 4.90 Å². The first-order valence-electron chi connectivity index (χ1n) is 5.59. The maximum atomic E-state index is 11.3. The van der Waals surface area contributed by atoms with Gasteiger partial charge in [-0.05, 0) is 31.5 Å². The molecule has 0 aromatic heterocycles. The summed E-state index contributed by atoms with van der Waals surface area (Å²) in [6, 6.07) is 7.06. The number of carbonyl (C=O) groups is 1. The van der Waals surface area contributed by atoms with Crippen LogP contribution in [0.15, 0.2) is 23.1 Å². The van der Waals surface area contributed by atoms with Crippen molar-refractivity contribution in [1.82, 2.24) is 0 Å². The first kappa shape index (κ1) is 14.6. The number of hydrogen-bond acceptors (Lipinski definition) is 5. The molecule has 0 spiro atoms. The molecule has 0 saturated carbocycles. The van der Waals surface area contributed by atoms with E-state index in [0.29, 0.717) is 17.7 Å². The van der Waals surface area contributed by atoms with Crippen molar-refractivity contribution in [3.05, 3.63) is 29.3 Å². The number of thioether (sulfide) groups is 1. The van der Waals surface area contributed by atoms with Crippen molar-refractivity contribution < 1.29 is 14.6 Å². The van der Waals surface area contributed by atoms with E-state index >= 15 is 0 Å². The van der Waals surface area contributed by atoms with Gasteiger partial charge in [-0.25, -0.2) is 0 Å². The van der Waals surface area contributed by atoms with Crippen LogP contribution in [0.2, 0.25) is 0 Å². The summed E-state index contributed by atoms with van der Waals surface area (Å²) in [5.41, 5.74) is 1.22. The molecular formula is C13H15NO3S. The van der Waals surface area contributed by atoms with Crippen molar-refractivity contribution in [3.63, 3.8) is 0 Å². The van der Waals surface area contributed by atoms with Crippen molar-refractivity contribution in [2.45, 2.75) is 24.8 Å². The van der Waals surface area contributed by atoms with Crippen molar-refractivity contribution >= 4 is 17.7 Å². The molecule has 0 fully saturated rings. The minimum atomic E-state index is -0.637. The van der Waals surface area contributed by atoms with Crippen LogP contribution in [0.5, 0.6) is 0 Å². The Bertz CT molecular complexity index is 466. The summed E-state index contributed by atoms with van der Waals surface area (Å²) < 4.78 is 4.83. The molecule has 96 valence electrons. The Kier molecular flexibility index (Phi) is 5.69. The number of rotatable bonds is 5. The Morgan fingerprint density at radius 3 is 2.89 bits per heavy atom. The third-order valence-electron chi connectivity index (χ3n) is 2.24. The molecule has 1 aromatic carbocycles. The highest BCUT2D eigenvalue weighted by atomic mass is 32.2. The summed E-state index contributed by atoms with van der Waals surface area (Å²) in [5, 5.41) is 18.5. The van der Waals surface area contributed by atoms with Crippen LogP contribution in [0.25, 0.3) is 0 Å². The number of hydrogen-bond donors (Lipinski definition) is 1. The Morgan fingerprint density at radius 2 is 2.33 bits per heavy atom. The lowest BCUT2D eigenvalue weighted by atomic mass is 10.1. The predicted octanol–water partition coefficient (Wildman–Crippen LogP) is 2.27. The molecular weight excluding hydrogens is 250 g/mol. The van der Waals surface area contributed by atoms with E-state index in [4.69, 9.17) is 10.00 Å². The summed E-state index contributed by atoms with van der Waals surface area (Å²) in [6.45, 7) is 3.75. The second-order valence-corrected chi connectivity index (χ2v) is 4.65. The van der Waals surface area contributed by atoms with E-state index in [1.54, 1.807) is 32.0 Å². The third-order valence-corrected chi connectivity index (χ3v) is 3.29. The number of aliphatic hydroxyl groups is 1. The van der Waals surface area contributed by atoms with Crippen LogP contribution in [0.4, 0.5) is 0 Å². The number of nitriles is 1. The highest BCUT2D eigenvalue weighted by Crippen LogP contribution is 2.28. The zero-order chi connectivity index (χ0) is 13.5. The van der Waals surface area contributed by atoms with E-state index < -0.39 is 6.10 Å². The van der Waals surface area contributed by atoms with Crippen molar-refractivity contribution in [3.8, 4) is 6.07 Å². The van der Waals surface area contributed by atoms with Crippen LogP contribution in [0.1, 0.15) is 31.1 Å². The topological polar surface area (TPSA) is 70.3 Å². The smallest absolute Gasteiger partial charge is 0.316 e. The normalized spacial score (nSPS) is 11.7. The molecule has 4 nitrogen and oxygen atoms in total. The SMILES string of the molecule is CCOC(=O)CSc1cc(C#N)ccc1[C@H](C)O. The first-order chi connectivity index (χ1) is 8.58. The minimum Gasteiger partial charge on any atom is -0.465 e. The lowest BCUT2D eigenvalue weighted by molar-refractivity contribution is -0.139. The van der Waals surface area contributed by atoms with Gasteiger partial charge in [0.15, 0.2) is 0 Å². The number of ether oxygens (including phenoxy) is 1. The minimum absolute atomic E-state index is 0.169. The van der Waals surface area contributed by atoms with Gasteiger partial charge in [-0.2, -0.15) is 5.26 Å². The quantitative estimate of drug-likeness (QED) is 0.653. The predicted molar refractivity (Wildman–Crippen MR) is 69.1 cm³/mol. The van der Waals surface area contributed by atoms with E-state index in [1.165, 1.54) is 11.8 Å². The van der Waals surface area contributed by atoms with Gasteiger partial charge in [0.05, 0.1) is 30.1 Å². The summed E-state index contributed by atoms with van der Waals surface area (Å²) in [7, 11) is 0. The third kappa shape index (κ3) is 4.06. The Morgan fingerprint density at radius 1 is 1.61 bits per heavy atom. The first-order valence-corrected chi connectivity index (χ1v) is 6.57. The summed E-state index contributed by atoms with van der Waals surface area (Å²) >= 11 is 1.27. The summed E-state index contributed by atoms with van der Waals surface area (Å²) in [4.78, 5) is 12.0. The molecule has 1 rings (SSSR count). The Labute approximate surface area is 111 Å². The molecule has 0 aliphatic carbocycles. The van der Waals surface area contributed by atoms with Gasteiger partial charge >= 0.3 is 5.97 Å². The van der Waals surface area contributed by atoms with Crippen molar-refractivity contribution in [1.29, 1.82) is 5.26 Å². The van der Waals surface area contributed by atoms with Gasteiger partial charge < -0.3 is 9.84 Å². The fourth-order valence-electron chi connectivity index (χ4n) is 1.41. The number of aliphatic hydroxyl groups excluding tert-OH is 1. The molecule has 0 amide bonds. The maximum absolute atomic E-state index is 11.3. The van der Waals surface area contributed by atoms with Crippen LogP contribution in [-0.2, 0) is 9.53 Å². The van der Waals surface area contributed by atoms with Gasteiger partial charge in [-0.1, -0.05) is 6.07 Å². The van der Waals surface area contributed by atoms with Crippen LogP contribution in [-0.4, -0.2) is 23.4 Å². The fourth-order valence-corrected chi connectivity index (χ4v) is 2.39. The molecule has 0 saturated heterocycles. The Balaban J connectivity index is 2.85. The standard InChI is InChI=1S/C13H15NO3S/c1-3-17-13(16)8-18-12-6-10(7-14)4-5-11(12)9(2)15/h4-6,9,15H,3,8H2,1-2H3/t9-/m0/s1. The second-order valence-electron chi connectivity index (χ2n) is 3.63. The van der Waals surface area contributed by atoms with Crippen molar-refractivity contribution in [2.24, 2.45) is 0 Å². The average molecular weight is 265 g/mol. The van der Waals surface area contributed by atoms with Gasteiger partial charge in [0.1, 0.15) is 0 Å². The number of nitrogens with zero attached hydrogens (tertiary/aromatic N) is 1. The van der Waals surface area contributed by atoms with Crippen LogP contribution >= 0.6 is 11.8 Å². The fraction of sp³-hybridized carbons (Fsp3) is 0.385. The molecule has 0 unspecified atom stereocenters. The molecule has 1 aromatic rings. The highest BCUT2D eigenvalue weighted by molar-refractivity contribution is 8.00.